The largest absolute Gasteiger partial charge is 0.351 e. The number of amides is 2. The zero-order valence-electron chi connectivity index (χ0n) is 16.3. The average Bonchev–Trinajstić information content (AvgIpc) is 3.16. The molecule has 0 aliphatic carbocycles. The molecule has 0 atom stereocenters. The molecule has 0 unspecified atom stereocenters. The van der Waals surface area contributed by atoms with Crippen molar-refractivity contribution in [3.8, 4) is 0 Å². The van der Waals surface area contributed by atoms with Crippen LogP contribution < -0.4 is 5.32 Å². The van der Waals surface area contributed by atoms with Crippen LogP contribution in [0.3, 0.4) is 0 Å². The smallest absolute Gasteiger partial charge is 0.243 e. The summed E-state index contributed by atoms with van der Waals surface area (Å²) in [4.78, 5) is 28.5. The normalized spacial score (nSPS) is 15.3. The van der Waals surface area contributed by atoms with Gasteiger partial charge in [-0.05, 0) is 31.2 Å². The van der Waals surface area contributed by atoms with Gasteiger partial charge in [0.15, 0.2) is 0 Å². The molecule has 0 spiro atoms. The molecule has 156 valence electrons. The van der Waals surface area contributed by atoms with Gasteiger partial charge in [0.2, 0.25) is 21.8 Å². The number of hydrogen-bond acceptors (Lipinski definition) is 5. The van der Waals surface area contributed by atoms with Crippen LogP contribution in [0.1, 0.15) is 22.6 Å². The van der Waals surface area contributed by atoms with Crippen LogP contribution in [0.2, 0.25) is 0 Å². The van der Waals surface area contributed by atoms with Crippen LogP contribution in [0.15, 0.2) is 47.4 Å². The Labute approximate surface area is 175 Å². The van der Waals surface area contributed by atoms with Gasteiger partial charge in [-0.1, -0.05) is 18.2 Å². The first kappa shape index (κ1) is 21.5. The summed E-state index contributed by atoms with van der Waals surface area (Å²) in [6, 6.07) is 12.3. The number of aryl methyl sites for hydroxylation is 1. The fraction of sp³-hybridized carbons (Fsp3) is 0.400. The van der Waals surface area contributed by atoms with E-state index in [0.29, 0.717) is 19.6 Å². The van der Waals surface area contributed by atoms with Crippen molar-refractivity contribution in [1.82, 2.24) is 14.5 Å². The fourth-order valence-corrected chi connectivity index (χ4v) is 5.43. The van der Waals surface area contributed by atoms with Crippen molar-refractivity contribution < 1.29 is 18.0 Å². The van der Waals surface area contributed by atoms with Gasteiger partial charge in [-0.2, -0.15) is 4.31 Å². The van der Waals surface area contributed by atoms with Gasteiger partial charge in [-0.3, -0.25) is 9.59 Å². The number of sulfonamides is 1. The highest BCUT2D eigenvalue weighted by Gasteiger charge is 2.29. The summed E-state index contributed by atoms with van der Waals surface area (Å²) < 4.78 is 26.7. The van der Waals surface area contributed by atoms with Gasteiger partial charge in [0, 0.05) is 48.8 Å². The minimum Gasteiger partial charge on any atom is -0.351 e. The van der Waals surface area contributed by atoms with Crippen LogP contribution in [0.5, 0.6) is 0 Å². The predicted molar refractivity (Wildman–Crippen MR) is 112 cm³/mol. The van der Waals surface area contributed by atoms with Crippen molar-refractivity contribution in [2.75, 3.05) is 26.2 Å². The van der Waals surface area contributed by atoms with E-state index < -0.39 is 10.0 Å². The lowest BCUT2D eigenvalue weighted by Crippen LogP contribution is -2.50. The summed E-state index contributed by atoms with van der Waals surface area (Å²) in [5.41, 5.74) is 0. The first-order chi connectivity index (χ1) is 13.9. The quantitative estimate of drug-likeness (QED) is 0.721. The van der Waals surface area contributed by atoms with E-state index in [1.807, 2.05) is 19.1 Å². The number of carbonyl (C=O) groups excluding carboxylic acids is 2. The highest BCUT2D eigenvalue weighted by Crippen LogP contribution is 2.18. The molecular formula is C20H25N3O4S2. The third-order valence-corrected chi connectivity index (χ3v) is 7.71. The van der Waals surface area contributed by atoms with Crippen molar-refractivity contribution in [1.29, 1.82) is 0 Å². The molecule has 2 heterocycles. The molecule has 1 saturated heterocycles. The summed E-state index contributed by atoms with van der Waals surface area (Å²) in [5, 5.41) is 2.83. The molecule has 1 N–H and O–H groups in total. The molecule has 1 aliphatic rings. The highest BCUT2D eigenvalue weighted by molar-refractivity contribution is 7.89. The second-order valence-electron chi connectivity index (χ2n) is 6.89. The van der Waals surface area contributed by atoms with Gasteiger partial charge >= 0.3 is 0 Å². The molecular weight excluding hydrogens is 410 g/mol. The summed E-state index contributed by atoms with van der Waals surface area (Å²) >= 11 is 1.63. The molecule has 7 nitrogen and oxygen atoms in total. The molecule has 0 radical (unpaired) electrons. The third-order valence-electron chi connectivity index (χ3n) is 4.79. The lowest BCUT2D eigenvalue weighted by molar-refractivity contribution is -0.134. The predicted octanol–water partition coefficient (Wildman–Crippen LogP) is 1.99. The van der Waals surface area contributed by atoms with E-state index in [0.717, 1.165) is 4.88 Å². The minimum absolute atomic E-state index is 0.121. The maximum atomic E-state index is 12.6. The number of thiophene rings is 1. The first-order valence-electron chi connectivity index (χ1n) is 9.51. The number of nitrogens with zero attached hydrogens (tertiary/aromatic N) is 2. The van der Waals surface area contributed by atoms with Crippen LogP contribution >= 0.6 is 11.3 Å². The molecule has 29 heavy (non-hydrogen) atoms. The van der Waals surface area contributed by atoms with Crippen molar-refractivity contribution in [2.24, 2.45) is 0 Å². The van der Waals surface area contributed by atoms with Crippen LogP contribution in [0.25, 0.3) is 0 Å². The summed E-state index contributed by atoms with van der Waals surface area (Å²) in [6.07, 6.45) is 0.256. The highest BCUT2D eigenvalue weighted by atomic mass is 32.2. The van der Waals surface area contributed by atoms with E-state index in [2.05, 4.69) is 5.32 Å². The topological polar surface area (TPSA) is 86.8 Å². The summed E-state index contributed by atoms with van der Waals surface area (Å²) in [6.45, 7) is 3.67. The Bertz CT molecular complexity index is 949. The fourth-order valence-electron chi connectivity index (χ4n) is 3.15. The zero-order valence-corrected chi connectivity index (χ0v) is 18.0. The van der Waals surface area contributed by atoms with Crippen molar-refractivity contribution in [3.05, 3.63) is 52.2 Å². The van der Waals surface area contributed by atoms with E-state index in [4.69, 9.17) is 0 Å². The Morgan fingerprint density at radius 3 is 2.31 bits per heavy atom. The van der Waals surface area contributed by atoms with E-state index in [1.54, 1.807) is 46.6 Å². The standard InChI is InChI=1S/C20H25N3O4S2/c1-16-7-8-17(28-16)15-21-19(24)9-10-20(25)22-11-13-23(14-12-22)29(26,27)18-5-3-2-4-6-18/h2-8H,9-15H2,1H3,(H,21,24). The minimum atomic E-state index is -3.54. The Morgan fingerprint density at radius 2 is 1.69 bits per heavy atom. The van der Waals surface area contributed by atoms with E-state index in [-0.39, 0.29) is 42.6 Å². The van der Waals surface area contributed by atoms with Crippen LogP contribution in [-0.2, 0) is 26.2 Å². The van der Waals surface area contributed by atoms with Gasteiger partial charge in [0.25, 0.3) is 0 Å². The number of hydrogen-bond donors (Lipinski definition) is 1. The van der Waals surface area contributed by atoms with E-state index in [1.165, 1.54) is 9.18 Å². The van der Waals surface area contributed by atoms with Gasteiger partial charge in [-0.25, -0.2) is 8.42 Å². The van der Waals surface area contributed by atoms with Gasteiger partial charge in [0.05, 0.1) is 11.4 Å². The molecule has 1 fully saturated rings. The Kier molecular flexibility index (Phi) is 7.05. The number of nitrogens with one attached hydrogen (secondary N) is 1. The van der Waals surface area contributed by atoms with Crippen LogP contribution in [-0.4, -0.2) is 55.6 Å². The number of piperazine rings is 1. The Hall–Kier alpha value is -2.23. The summed E-state index contributed by atoms with van der Waals surface area (Å²) in [5.74, 6) is -0.279. The van der Waals surface area contributed by atoms with Crippen molar-refractivity contribution >= 4 is 33.2 Å². The molecule has 2 amide bonds. The monoisotopic (exact) mass is 435 g/mol. The molecule has 3 rings (SSSR count). The molecule has 0 bridgehead atoms. The number of carbonyl (C=O) groups is 2. The second kappa shape index (κ2) is 9.51. The molecule has 9 heteroatoms. The maximum absolute atomic E-state index is 12.6. The number of rotatable bonds is 7. The SMILES string of the molecule is Cc1ccc(CNC(=O)CCC(=O)N2CCN(S(=O)(=O)c3ccccc3)CC2)s1. The maximum Gasteiger partial charge on any atom is 0.243 e. The van der Waals surface area contributed by atoms with Gasteiger partial charge in [0.1, 0.15) is 0 Å². The van der Waals surface area contributed by atoms with Crippen molar-refractivity contribution in [2.45, 2.75) is 31.2 Å². The average molecular weight is 436 g/mol. The Morgan fingerprint density at radius 1 is 1.00 bits per heavy atom. The third kappa shape index (κ3) is 5.65. The van der Waals surface area contributed by atoms with E-state index in [9.17, 15) is 18.0 Å². The summed E-state index contributed by atoms with van der Waals surface area (Å²) in [7, 11) is -3.54. The molecule has 1 aromatic heterocycles. The molecule has 1 aromatic carbocycles. The second-order valence-corrected chi connectivity index (χ2v) is 10.2. The van der Waals surface area contributed by atoms with Crippen molar-refractivity contribution in [3.63, 3.8) is 0 Å². The van der Waals surface area contributed by atoms with Gasteiger partial charge in [-0.15, -0.1) is 11.3 Å². The van der Waals surface area contributed by atoms with Gasteiger partial charge < -0.3 is 10.2 Å². The lowest BCUT2D eigenvalue weighted by atomic mass is 10.2. The Balaban J connectivity index is 1.42. The lowest BCUT2D eigenvalue weighted by Gasteiger charge is -2.34. The first-order valence-corrected chi connectivity index (χ1v) is 11.8. The van der Waals surface area contributed by atoms with Crippen LogP contribution in [0.4, 0.5) is 0 Å². The van der Waals surface area contributed by atoms with E-state index >= 15 is 0 Å². The number of benzene rings is 1. The molecule has 0 saturated carbocycles. The zero-order chi connectivity index (χ0) is 20.9. The van der Waals surface area contributed by atoms with Crippen LogP contribution in [0, 0.1) is 6.92 Å². The molecule has 1 aliphatic heterocycles. The molecule has 2 aromatic rings.